The number of fused-ring (bicyclic) bond motifs is 1. The molecule has 2 N–H and O–H groups in total. The van der Waals surface area contributed by atoms with Crippen molar-refractivity contribution in [3.05, 3.63) is 41.7 Å². The largest absolute Gasteiger partial charge is 0.490 e. The zero-order chi connectivity index (χ0) is 18.0. The molecule has 2 atom stereocenters. The standard InChI is InChI=1S/C17H24N4O3S/c1-12-8-15-9-14(4-5-17(15)24-12)13(2)18-6-7-20-25(22,23)16-10-19-21(3)11-16/h4-5,9-13,18,20H,6-8H2,1-3H3/t12?,13-/m0/s1. The summed E-state index contributed by atoms with van der Waals surface area (Å²) in [6.45, 7) is 4.98. The van der Waals surface area contributed by atoms with Crippen LogP contribution in [0.15, 0.2) is 35.5 Å². The Hall–Kier alpha value is -1.90. The van der Waals surface area contributed by atoms with E-state index >= 15 is 0 Å². The fraction of sp³-hybridized carbons (Fsp3) is 0.471. The Morgan fingerprint density at radius 3 is 2.92 bits per heavy atom. The SMILES string of the molecule is CC1Cc2cc([C@H](C)NCCNS(=O)(=O)c3cnn(C)c3)ccc2O1. The second kappa shape index (κ2) is 7.15. The third-order valence-corrected chi connectivity index (χ3v) is 5.69. The first-order valence-electron chi connectivity index (χ1n) is 8.36. The number of nitrogens with zero attached hydrogens (tertiary/aromatic N) is 2. The fourth-order valence-corrected chi connectivity index (χ4v) is 3.94. The molecule has 1 unspecified atom stereocenters. The van der Waals surface area contributed by atoms with Crippen molar-refractivity contribution in [2.45, 2.75) is 37.3 Å². The van der Waals surface area contributed by atoms with E-state index in [2.05, 4.69) is 35.1 Å². The van der Waals surface area contributed by atoms with E-state index in [0.717, 1.165) is 12.2 Å². The molecule has 0 amide bonds. The molecule has 0 aliphatic carbocycles. The Labute approximate surface area is 148 Å². The van der Waals surface area contributed by atoms with Crippen LogP contribution in [0, 0.1) is 0 Å². The Morgan fingerprint density at radius 2 is 2.20 bits per heavy atom. The van der Waals surface area contributed by atoms with Crippen molar-refractivity contribution in [1.29, 1.82) is 0 Å². The summed E-state index contributed by atoms with van der Waals surface area (Å²) in [5.41, 5.74) is 2.41. The van der Waals surface area contributed by atoms with E-state index in [9.17, 15) is 8.42 Å². The third kappa shape index (κ3) is 4.20. The molecular formula is C17H24N4O3S. The van der Waals surface area contributed by atoms with Gasteiger partial charge in [0.2, 0.25) is 10.0 Å². The average molecular weight is 364 g/mol. The highest BCUT2D eigenvalue weighted by atomic mass is 32.2. The predicted molar refractivity (Wildman–Crippen MR) is 95.1 cm³/mol. The fourth-order valence-electron chi connectivity index (χ4n) is 2.92. The number of benzene rings is 1. The highest BCUT2D eigenvalue weighted by Gasteiger charge is 2.20. The molecule has 8 heteroatoms. The Morgan fingerprint density at radius 1 is 1.40 bits per heavy atom. The molecule has 0 saturated carbocycles. The van der Waals surface area contributed by atoms with Gasteiger partial charge in [-0.1, -0.05) is 12.1 Å². The number of sulfonamides is 1. The molecule has 0 bridgehead atoms. The molecule has 0 saturated heterocycles. The number of hydrogen-bond donors (Lipinski definition) is 2. The van der Waals surface area contributed by atoms with Gasteiger partial charge in [0.1, 0.15) is 16.7 Å². The molecule has 1 aromatic carbocycles. The average Bonchev–Trinajstić information content (AvgIpc) is 3.15. The second-order valence-corrected chi connectivity index (χ2v) is 8.19. The van der Waals surface area contributed by atoms with Gasteiger partial charge in [-0.3, -0.25) is 4.68 Å². The van der Waals surface area contributed by atoms with E-state index in [1.54, 1.807) is 7.05 Å². The van der Waals surface area contributed by atoms with Crippen molar-refractivity contribution >= 4 is 10.0 Å². The van der Waals surface area contributed by atoms with E-state index in [0.29, 0.717) is 13.1 Å². The molecule has 0 radical (unpaired) electrons. The molecule has 7 nitrogen and oxygen atoms in total. The van der Waals surface area contributed by atoms with Crippen LogP contribution in [0.5, 0.6) is 5.75 Å². The van der Waals surface area contributed by atoms with Gasteiger partial charge in [-0.05, 0) is 31.0 Å². The van der Waals surface area contributed by atoms with Crippen LogP contribution in [-0.2, 0) is 23.5 Å². The lowest BCUT2D eigenvalue weighted by Gasteiger charge is -2.15. The lowest BCUT2D eigenvalue weighted by atomic mass is 10.0. The first-order valence-corrected chi connectivity index (χ1v) is 9.84. The van der Waals surface area contributed by atoms with Gasteiger partial charge < -0.3 is 10.1 Å². The van der Waals surface area contributed by atoms with Crippen LogP contribution in [0.3, 0.4) is 0 Å². The number of rotatable bonds is 7. The topological polar surface area (TPSA) is 85.3 Å². The maximum Gasteiger partial charge on any atom is 0.243 e. The molecule has 2 aromatic rings. The molecule has 1 aromatic heterocycles. The van der Waals surface area contributed by atoms with Crippen molar-refractivity contribution < 1.29 is 13.2 Å². The van der Waals surface area contributed by atoms with Gasteiger partial charge in [0.25, 0.3) is 0 Å². The maximum absolute atomic E-state index is 12.1. The summed E-state index contributed by atoms with van der Waals surface area (Å²) in [6, 6.07) is 6.35. The lowest BCUT2D eigenvalue weighted by Crippen LogP contribution is -2.32. The molecule has 3 rings (SSSR count). The number of aryl methyl sites for hydroxylation is 1. The zero-order valence-corrected chi connectivity index (χ0v) is 15.5. The van der Waals surface area contributed by atoms with E-state index in [1.165, 1.54) is 28.2 Å². The molecule has 136 valence electrons. The summed E-state index contributed by atoms with van der Waals surface area (Å²) < 4.78 is 34.0. The minimum absolute atomic E-state index is 0.129. The lowest BCUT2D eigenvalue weighted by molar-refractivity contribution is 0.254. The maximum atomic E-state index is 12.1. The Balaban J connectivity index is 1.50. The second-order valence-electron chi connectivity index (χ2n) is 6.42. The minimum atomic E-state index is -3.51. The van der Waals surface area contributed by atoms with E-state index in [4.69, 9.17) is 4.74 Å². The van der Waals surface area contributed by atoms with Crippen molar-refractivity contribution in [2.24, 2.45) is 7.05 Å². The minimum Gasteiger partial charge on any atom is -0.490 e. The number of hydrogen-bond acceptors (Lipinski definition) is 5. The highest BCUT2D eigenvalue weighted by molar-refractivity contribution is 7.89. The molecule has 25 heavy (non-hydrogen) atoms. The van der Waals surface area contributed by atoms with Crippen LogP contribution in [-0.4, -0.2) is 37.4 Å². The van der Waals surface area contributed by atoms with Crippen LogP contribution >= 0.6 is 0 Å². The van der Waals surface area contributed by atoms with Crippen molar-refractivity contribution in [1.82, 2.24) is 19.8 Å². The van der Waals surface area contributed by atoms with Gasteiger partial charge in [0, 0.05) is 38.8 Å². The summed E-state index contributed by atoms with van der Waals surface area (Å²) in [7, 11) is -1.82. The Bertz CT molecular complexity index is 847. The molecule has 1 aliphatic heterocycles. The molecule has 0 fully saturated rings. The first-order chi connectivity index (χ1) is 11.8. The third-order valence-electron chi connectivity index (χ3n) is 4.28. The van der Waals surface area contributed by atoms with E-state index < -0.39 is 10.0 Å². The molecular weight excluding hydrogens is 340 g/mol. The molecule has 1 aliphatic rings. The first kappa shape index (κ1) is 17.9. The normalized spacial score (nSPS) is 18.0. The summed E-state index contributed by atoms with van der Waals surface area (Å²) in [5, 5.41) is 7.23. The van der Waals surface area contributed by atoms with E-state index in [1.807, 2.05) is 12.1 Å². The van der Waals surface area contributed by atoms with Crippen molar-refractivity contribution in [2.75, 3.05) is 13.1 Å². The quantitative estimate of drug-likeness (QED) is 0.725. The van der Waals surface area contributed by atoms with Crippen LogP contribution in [0.2, 0.25) is 0 Å². The zero-order valence-electron chi connectivity index (χ0n) is 14.7. The van der Waals surface area contributed by atoms with Gasteiger partial charge >= 0.3 is 0 Å². The van der Waals surface area contributed by atoms with Gasteiger partial charge in [-0.25, -0.2) is 13.1 Å². The number of nitrogens with one attached hydrogen (secondary N) is 2. The van der Waals surface area contributed by atoms with Crippen LogP contribution in [0.25, 0.3) is 0 Å². The summed E-state index contributed by atoms with van der Waals surface area (Å²) in [5.74, 6) is 0.965. The van der Waals surface area contributed by atoms with Gasteiger partial charge in [-0.15, -0.1) is 0 Å². The Kier molecular flexibility index (Phi) is 5.12. The van der Waals surface area contributed by atoms with Crippen molar-refractivity contribution in [3.63, 3.8) is 0 Å². The number of ether oxygens (including phenoxy) is 1. The van der Waals surface area contributed by atoms with Gasteiger partial charge in [0.05, 0.1) is 6.20 Å². The monoisotopic (exact) mass is 364 g/mol. The summed E-state index contributed by atoms with van der Waals surface area (Å²) in [6.07, 6.45) is 3.98. The highest BCUT2D eigenvalue weighted by Crippen LogP contribution is 2.30. The van der Waals surface area contributed by atoms with Gasteiger partial charge in [0.15, 0.2) is 0 Å². The smallest absolute Gasteiger partial charge is 0.243 e. The summed E-state index contributed by atoms with van der Waals surface area (Å²) >= 11 is 0. The van der Waals surface area contributed by atoms with E-state index in [-0.39, 0.29) is 17.0 Å². The predicted octanol–water partition coefficient (Wildman–Crippen LogP) is 1.37. The van der Waals surface area contributed by atoms with Crippen molar-refractivity contribution in [3.8, 4) is 5.75 Å². The summed E-state index contributed by atoms with van der Waals surface area (Å²) in [4.78, 5) is 0.177. The van der Waals surface area contributed by atoms with Gasteiger partial charge in [-0.2, -0.15) is 5.10 Å². The van der Waals surface area contributed by atoms with Crippen LogP contribution < -0.4 is 14.8 Å². The molecule has 2 heterocycles. The molecule has 0 spiro atoms. The van der Waals surface area contributed by atoms with Crippen LogP contribution in [0.1, 0.15) is 31.0 Å². The number of aromatic nitrogens is 2. The van der Waals surface area contributed by atoms with Crippen LogP contribution in [0.4, 0.5) is 0 Å².